The third kappa shape index (κ3) is 2.14. The highest BCUT2D eigenvalue weighted by atomic mass is 32.1. The largest absolute Gasteiger partial charge is 0.345 e. The Morgan fingerprint density at radius 1 is 1.25 bits per heavy atom. The van der Waals surface area contributed by atoms with E-state index in [0.717, 1.165) is 49.7 Å². The predicted molar refractivity (Wildman–Crippen MR) is 78.9 cm³/mol. The standard InChI is InChI=1S/C14H16N4OS/c19-13(10-1-2-10)17-5-7-18(8-6-17)14-16-11-9-15-4-3-12(11)20-14/h3-4,9-10H,1-2,5-8H2. The lowest BCUT2D eigenvalue weighted by Gasteiger charge is -2.34. The molecule has 2 aromatic rings. The Morgan fingerprint density at radius 3 is 2.75 bits per heavy atom. The molecule has 0 atom stereocenters. The van der Waals surface area contributed by atoms with E-state index in [1.54, 1.807) is 17.5 Å². The summed E-state index contributed by atoms with van der Waals surface area (Å²) >= 11 is 1.70. The Morgan fingerprint density at radius 2 is 2.05 bits per heavy atom. The Balaban J connectivity index is 1.46. The minimum absolute atomic E-state index is 0.329. The van der Waals surface area contributed by atoms with Gasteiger partial charge in [0.1, 0.15) is 5.52 Å². The maximum absolute atomic E-state index is 12.0. The quantitative estimate of drug-likeness (QED) is 0.845. The second-order valence-corrected chi connectivity index (χ2v) is 6.44. The number of aromatic nitrogens is 2. The van der Waals surface area contributed by atoms with Gasteiger partial charge in [-0.1, -0.05) is 11.3 Å². The molecular formula is C14H16N4OS. The lowest BCUT2D eigenvalue weighted by Crippen LogP contribution is -2.49. The van der Waals surface area contributed by atoms with Gasteiger partial charge in [-0.05, 0) is 18.9 Å². The molecule has 1 saturated heterocycles. The third-order valence-corrected chi connectivity index (χ3v) is 5.06. The minimum Gasteiger partial charge on any atom is -0.345 e. The smallest absolute Gasteiger partial charge is 0.225 e. The van der Waals surface area contributed by atoms with Crippen molar-refractivity contribution in [3.63, 3.8) is 0 Å². The second-order valence-electron chi connectivity index (χ2n) is 5.43. The molecule has 0 unspecified atom stereocenters. The van der Waals surface area contributed by atoms with Crippen LogP contribution in [0, 0.1) is 5.92 Å². The molecule has 104 valence electrons. The van der Waals surface area contributed by atoms with E-state index in [4.69, 9.17) is 0 Å². The number of pyridine rings is 1. The van der Waals surface area contributed by atoms with Crippen LogP contribution < -0.4 is 4.90 Å². The van der Waals surface area contributed by atoms with Crippen LogP contribution in [-0.2, 0) is 4.79 Å². The van der Waals surface area contributed by atoms with Gasteiger partial charge in [0.15, 0.2) is 5.13 Å². The van der Waals surface area contributed by atoms with Crippen molar-refractivity contribution in [2.45, 2.75) is 12.8 Å². The fourth-order valence-corrected chi connectivity index (χ4v) is 3.59. The number of thiazole rings is 1. The Labute approximate surface area is 121 Å². The van der Waals surface area contributed by atoms with E-state index in [-0.39, 0.29) is 0 Å². The Bertz CT molecular complexity index is 610. The van der Waals surface area contributed by atoms with Crippen LogP contribution in [-0.4, -0.2) is 47.0 Å². The van der Waals surface area contributed by atoms with Crippen molar-refractivity contribution >= 4 is 32.6 Å². The van der Waals surface area contributed by atoms with Gasteiger partial charge >= 0.3 is 0 Å². The molecule has 0 radical (unpaired) electrons. The van der Waals surface area contributed by atoms with Crippen molar-refractivity contribution in [2.24, 2.45) is 5.92 Å². The lowest BCUT2D eigenvalue weighted by molar-refractivity contribution is -0.132. The van der Waals surface area contributed by atoms with Crippen LogP contribution in [0.2, 0.25) is 0 Å². The highest BCUT2D eigenvalue weighted by Gasteiger charge is 2.34. The summed E-state index contributed by atoms with van der Waals surface area (Å²) in [5, 5.41) is 1.05. The monoisotopic (exact) mass is 288 g/mol. The summed E-state index contributed by atoms with van der Waals surface area (Å²) in [6.07, 6.45) is 5.78. The van der Waals surface area contributed by atoms with Crippen LogP contribution in [0.15, 0.2) is 18.5 Å². The molecule has 1 aliphatic carbocycles. The zero-order valence-electron chi connectivity index (χ0n) is 11.2. The molecule has 2 fully saturated rings. The molecule has 3 heterocycles. The highest BCUT2D eigenvalue weighted by Crippen LogP contribution is 2.32. The molecule has 0 bridgehead atoms. The van der Waals surface area contributed by atoms with Gasteiger partial charge in [0, 0.05) is 38.3 Å². The number of hydrogen-bond acceptors (Lipinski definition) is 5. The normalized spacial score (nSPS) is 19.6. The van der Waals surface area contributed by atoms with Crippen LogP contribution >= 0.6 is 11.3 Å². The van der Waals surface area contributed by atoms with Crippen molar-refractivity contribution in [3.05, 3.63) is 18.5 Å². The average Bonchev–Trinajstić information content (AvgIpc) is 3.25. The van der Waals surface area contributed by atoms with Gasteiger partial charge in [0.2, 0.25) is 5.91 Å². The first-order valence-corrected chi connectivity index (χ1v) is 7.87. The molecule has 0 spiro atoms. The number of piperazine rings is 1. The summed E-state index contributed by atoms with van der Waals surface area (Å²) in [4.78, 5) is 25.1. The zero-order chi connectivity index (χ0) is 13.5. The SMILES string of the molecule is O=C(C1CC1)N1CCN(c2nc3cnccc3s2)CC1. The van der Waals surface area contributed by atoms with Gasteiger partial charge in [-0.3, -0.25) is 9.78 Å². The summed E-state index contributed by atoms with van der Waals surface area (Å²) in [7, 11) is 0. The van der Waals surface area contributed by atoms with Gasteiger partial charge < -0.3 is 9.80 Å². The first kappa shape index (κ1) is 12.1. The van der Waals surface area contributed by atoms with Gasteiger partial charge in [-0.25, -0.2) is 4.98 Å². The zero-order valence-corrected chi connectivity index (χ0v) is 12.0. The van der Waals surface area contributed by atoms with E-state index in [1.807, 2.05) is 17.2 Å². The fraction of sp³-hybridized carbons (Fsp3) is 0.500. The van der Waals surface area contributed by atoms with E-state index >= 15 is 0 Å². The van der Waals surface area contributed by atoms with Gasteiger partial charge in [0.05, 0.1) is 10.9 Å². The van der Waals surface area contributed by atoms with E-state index in [1.165, 1.54) is 4.70 Å². The Kier molecular flexibility index (Phi) is 2.84. The van der Waals surface area contributed by atoms with Crippen molar-refractivity contribution in [1.82, 2.24) is 14.9 Å². The van der Waals surface area contributed by atoms with E-state index in [2.05, 4.69) is 14.9 Å². The molecule has 5 nitrogen and oxygen atoms in total. The topological polar surface area (TPSA) is 49.3 Å². The number of amides is 1. The number of carbonyl (C=O) groups is 1. The van der Waals surface area contributed by atoms with Crippen molar-refractivity contribution in [2.75, 3.05) is 31.1 Å². The number of rotatable bonds is 2. The molecule has 4 rings (SSSR count). The molecule has 2 aliphatic rings. The maximum atomic E-state index is 12.0. The molecule has 6 heteroatoms. The summed E-state index contributed by atoms with van der Waals surface area (Å²) in [6, 6.07) is 2.00. The first-order chi connectivity index (χ1) is 9.81. The second kappa shape index (κ2) is 4.70. The van der Waals surface area contributed by atoms with Crippen molar-refractivity contribution in [3.8, 4) is 0 Å². The molecule has 0 aromatic carbocycles. The molecule has 1 amide bonds. The maximum Gasteiger partial charge on any atom is 0.225 e. The van der Waals surface area contributed by atoms with Crippen LogP contribution in [0.25, 0.3) is 10.2 Å². The number of nitrogens with zero attached hydrogens (tertiary/aromatic N) is 4. The average molecular weight is 288 g/mol. The predicted octanol–water partition coefficient (Wildman–Crippen LogP) is 1.75. The van der Waals surface area contributed by atoms with E-state index in [9.17, 15) is 4.79 Å². The summed E-state index contributed by atoms with van der Waals surface area (Å²) in [5.41, 5.74) is 0.962. The van der Waals surface area contributed by atoms with Crippen LogP contribution in [0.4, 0.5) is 5.13 Å². The summed E-state index contributed by atoms with van der Waals surface area (Å²) in [6.45, 7) is 3.41. The number of fused-ring (bicyclic) bond motifs is 1. The third-order valence-electron chi connectivity index (χ3n) is 3.97. The number of anilines is 1. The van der Waals surface area contributed by atoms with Crippen molar-refractivity contribution in [1.29, 1.82) is 0 Å². The fourth-order valence-electron chi connectivity index (χ4n) is 2.61. The summed E-state index contributed by atoms with van der Waals surface area (Å²) < 4.78 is 1.17. The first-order valence-electron chi connectivity index (χ1n) is 7.05. The van der Waals surface area contributed by atoms with E-state index < -0.39 is 0 Å². The highest BCUT2D eigenvalue weighted by molar-refractivity contribution is 7.22. The molecule has 20 heavy (non-hydrogen) atoms. The molecule has 1 aliphatic heterocycles. The van der Waals surface area contributed by atoms with Crippen LogP contribution in [0.1, 0.15) is 12.8 Å². The number of hydrogen-bond donors (Lipinski definition) is 0. The summed E-state index contributed by atoms with van der Waals surface area (Å²) in [5.74, 6) is 0.688. The molecule has 0 N–H and O–H groups in total. The number of carbonyl (C=O) groups excluding carboxylic acids is 1. The lowest BCUT2D eigenvalue weighted by atomic mass is 10.3. The Hall–Kier alpha value is -1.69. The van der Waals surface area contributed by atoms with Gasteiger partial charge in [0.25, 0.3) is 0 Å². The van der Waals surface area contributed by atoms with Gasteiger partial charge in [-0.15, -0.1) is 0 Å². The molecule has 1 saturated carbocycles. The van der Waals surface area contributed by atoms with E-state index in [0.29, 0.717) is 11.8 Å². The molecular weight excluding hydrogens is 272 g/mol. The van der Waals surface area contributed by atoms with Crippen LogP contribution in [0.3, 0.4) is 0 Å². The van der Waals surface area contributed by atoms with Crippen molar-refractivity contribution < 1.29 is 4.79 Å². The molecule has 2 aromatic heterocycles. The van der Waals surface area contributed by atoms with Gasteiger partial charge in [-0.2, -0.15) is 0 Å². The minimum atomic E-state index is 0.329. The van der Waals surface area contributed by atoms with Crippen LogP contribution in [0.5, 0.6) is 0 Å².